The molecule has 3 aliphatic rings. The van der Waals surface area contributed by atoms with Crippen molar-refractivity contribution >= 4 is 29.4 Å². The zero-order valence-electron chi connectivity index (χ0n) is 14.7. The maximum absolute atomic E-state index is 13.0. The molecule has 2 aliphatic carbocycles. The summed E-state index contributed by atoms with van der Waals surface area (Å²) in [5, 5.41) is 3.04. The van der Waals surface area contributed by atoms with Gasteiger partial charge in [0.1, 0.15) is 6.54 Å². The number of hydrogen-bond acceptors (Lipinski definition) is 4. The van der Waals surface area contributed by atoms with E-state index in [-0.39, 0.29) is 30.3 Å². The number of nitrogens with zero attached hydrogens (tertiary/aromatic N) is 3. The van der Waals surface area contributed by atoms with Gasteiger partial charge >= 0.3 is 0 Å². The Hall–Kier alpha value is -2.47. The van der Waals surface area contributed by atoms with Crippen LogP contribution in [0.2, 0.25) is 5.02 Å². The van der Waals surface area contributed by atoms with E-state index in [4.69, 9.17) is 11.6 Å². The van der Waals surface area contributed by atoms with Gasteiger partial charge in [0.15, 0.2) is 0 Å². The molecule has 2 unspecified atom stereocenters. The van der Waals surface area contributed by atoms with Crippen LogP contribution >= 0.6 is 11.6 Å². The summed E-state index contributed by atoms with van der Waals surface area (Å²) in [5.74, 6) is 0.853. The number of rotatable bonds is 4. The highest BCUT2D eigenvalue weighted by Gasteiger charge is 2.46. The van der Waals surface area contributed by atoms with Crippen LogP contribution in [0.25, 0.3) is 0 Å². The first-order valence-corrected chi connectivity index (χ1v) is 9.70. The quantitative estimate of drug-likeness (QED) is 0.879. The molecule has 2 fully saturated rings. The van der Waals surface area contributed by atoms with Crippen molar-refractivity contribution in [1.29, 1.82) is 0 Å². The van der Waals surface area contributed by atoms with Crippen molar-refractivity contribution in [2.24, 2.45) is 0 Å². The third kappa shape index (κ3) is 2.98. The minimum atomic E-state index is -0.297. The van der Waals surface area contributed by atoms with Gasteiger partial charge in [0, 0.05) is 17.5 Å². The average molecular weight is 383 g/mol. The zero-order chi connectivity index (χ0) is 18.5. The second-order valence-corrected chi connectivity index (χ2v) is 8.01. The first kappa shape index (κ1) is 16.7. The molecule has 27 heavy (non-hydrogen) atoms. The van der Waals surface area contributed by atoms with Crippen LogP contribution in [0.4, 0.5) is 5.95 Å². The second kappa shape index (κ2) is 6.30. The Morgan fingerprint density at radius 3 is 2.63 bits per heavy atom. The van der Waals surface area contributed by atoms with Crippen LogP contribution in [0.5, 0.6) is 0 Å². The Bertz CT molecular complexity index is 926. The molecule has 1 aromatic heterocycles. The normalized spacial score (nSPS) is 23.3. The van der Waals surface area contributed by atoms with Gasteiger partial charge in [-0.15, -0.1) is 0 Å². The largest absolute Gasteiger partial charge is 0.326 e. The molecule has 7 heteroatoms. The first-order chi connectivity index (χ1) is 13.1. The Balaban J connectivity index is 1.35. The molecule has 1 aliphatic heterocycles. The van der Waals surface area contributed by atoms with Gasteiger partial charge in [-0.1, -0.05) is 23.7 Å². The summed E-state index contributed by atoms with van der Waals surface area (Å²) in [6, 6.07) is 6.37. The van der Waals surface area contributed by atoms with E-state index in [2.05, 4.69) is 27.4 Å². The first-order valence-electron chi connectivity index (χ1n) is 9.32. The summed E-state index contributed by atoms with van der Waals surface area (Å²) >= 11 is 5.76. The summed E-state index contributed by atoms with van der Waals surface area (Å²) in [7, 11) is 0. The molecule has 0 spiro atoms. The van der Waals surface area contributed by atoms with Crippen molar-refractivity contribution in [2.45, 2.75) is 43.6 Å². The molecular formula is C20H19ClN4O2. The molecule has 0 saturated heterocycles. The van der Waals surface area contributed by atoms with E-state index < -0.39 is 0 Å². The van der Waals surface area contributed by atoms with Crippen molar-refractivity contribution in [3.8, 4) is 0 Å². The van der Waals surface area contributed by atoms with E-state index in [0.717, 1.165) is 18.4 Å². The predicted molar refractivity (Wildman–Crippen MR) is 101 cm³/mol. The van der Waals surface area contributed by atoms with E-state index in [1.165, 1.54) is 36.4 Å². The fraction of sp³-hybridized carbons (Fsp3) is 0.400. The second-order valence-electron chi connectivity index (χ2n) is 7.58. The van der Waals surface area contributed by atoms with E-state index >= 15 is 0 Å². The number of carbonyl (C=O) groups is 2. The molecular weight excluding hydrogens is 364 g/mol. The Morgan fingerprint density at radius 1 is 1.19 bits per heavy atom. The van der Waals surface area contributed by atoms with Crippen LogP contribution in [-0.4, -0.2) is 39.3 Å². The lowest BCUT2D eigenvalue weighted by Crippen LogP contribution is -2.55. The monoisotopic (exact) mass is 382 g/mol. The number of anilines is 1. The van der Waals surface area contributed by atoms with E-state index in [9.17, 15) is 9.59 Å². The maximum Gasteiger partial charge on any atom is 0.254 e. The highest BCUT2D eigenvalue weighted by Crippen LogP contribution is 2.48. The molecule has 138 valence electrons. The van der Waals surface area contributed by atoms with Crippen LogP contribution in [-0.2, 0) is 4.79 Å². The van der Waals surface area contributed by atoms with Gasteiger partial charge in [-0.2, -0.15) is 0 Å². The van der Waals surface area contributed by atoms with Gasteiger partial charge in [0.05, 0.1) is 17.4 Å². The van der Waals surface area contributed by atoms with Gasteiger partial charge < -0.3 is 4.90 Å². The summed E-state index contributed by atoms with van der Waals surface area (Å²) in [5.41, 5.74) is 3.28. The Labute approximate surface area is 161 Å². The standard InChI is InChI=1S/C20H19ClN4O2/c21-13-8-22-20(23-9-13)24-18(26)10-25-17-6-5-14(17)16-7-12(11-1-2-11)3-4-15(16)19(25)27/h3-4,7-9,11,14,17H,1-2,5-6,10H2,(H,22,23,24,26). The molecule has 6 nitrogen and oxygen atoms in total. The summed E-state index contributed by atoms with van der Waals surface area (Å²) in [6.07, 6.45) is 7.35. The highest BCUT2D eigenvalue weighted by atomic mass is 35.5. The lowest BCUT2D eigenvalue weighted by atomic mass is 9.69. The summed E-state index contributed by atoms with van der Waals surface area (Å²) in [6.45, 7) is 0.00973. The molecule has 0 bridgehead atoms. The Kier molecular flexibility index (Phi) is 3.90. The van der Waals surface area contributed by atoms with Crippen LogP contribution in [0.15, 0.2) is 30.6 Å². The molecule has 2 heterocycles. The number of amides is 2. The van der Waals surface area contributed by atoms with E-state index in [1.807, 2.05) is 6.07 Å². The number of nitrogens with one attached hydrogen (secondary N) is 1. The van der Waals surface area contributed by atoms with E-state index in [0.29, 0.717) is 16.9 Å². The number of fused-ring (bicyclic) bond motifs is 3. The topological polar surface area (TPSA) is 75.2 Å². The molecule has 5 rings (SSSR count). The number of carbonyl (C=O) groups excluding carboxylic acids is 2. The van der Waals surface area contributed by atoms with Crippen molar-refractivity contribution in [2.75, 3.05) is 11.9 Å². The number of halogens is 1. The van der Waals surface area contributed by atoms with Crippen LogP contribution in [0.3, 0.4) is 0 Å². The predicted octanol–water partition coefficient (Wildman–Crippen LogP) is 3.35. The third-order valence-electron chi connectivity index (χ3n) is 5.84. The van der Waals surface area contributed by atoms with Crippen LogP contribution < -0.4 is 5.32 Å². The van der Waals surface area contributed by atoms with Gasteiger partial charge in [0.25, 0.3) is 5.91 Å². The molecule has 2 atom stereocenters. The maximum atomic E-state index is 13.0. The van der Waals surface area contributed by atoms with Gasteiger partial charge in [0.2, 0.25) is 11.9 Å². The third-order valence-corrected chi connectivity index (χ3v) is 6.03. The van der Waals surface area contributed by atoms with Crippen molar-refractivity contribution in [3.63, 3.8) is 0 Å². The van der Waals surface area contributed by atoms with Crippen molar-refractivity contribution < 1.29 is 9.59 Å². The minimum Gasteiger partial charge on any atom is -0.326 e. The number of aromatic nitrogens is 2. The van der Waals surface area contributed by atoms with E-state index in [1.54, 1.807) is 4.90 Å². The Morgan fingerprint density at radius 2 is 1.96 bits per heavy atom. The van der Waals surface area contributed by atoms with Crippen LogP contribution in [0.1, 0.15) is 59.0 Å². The summed E-state index contributed by atoms with van der Waals surface area (Å²) < 4.78 is 0. The molecule has 2 amide bonds. The fourth-order valence-corrected chi connectivity index (χ4v) is 4.26. The average Bonchev–Trinajstić information content (AvgIpc) is 3.46. The van der Waals surface area contributed by atoms with Gasteiger partial charge in [-0.05, 0) is 48.8 Å². The smallest absolute Gasteiger partial charge is 0.254 e. The zero-order valence-corrected chi connectivity index (χ0v) is 15.4. The fourth-order valence-electron chi connectivity index (χ4n) is 4.16. The van der Waals surface area contributed by atoms with Crippen molar-refractivity contribution in [1.82, 2.24) is 14.9 Å². The SMILES string of the molecule is O=C(CN1C(=O)c2ccc(C3CC3)cc2C2CCC21)Nc1ncc(Cl)cn1. The number of benzene rings is 1. The summed E-state index contributed by atoms with van der Waals surface area (Å²) in [4.78, 5) is 35.1. The number of hydrogen-bond donors (Lipinski definition) is 1. The highest BCUT2D eigenvalue weighted by molar-refractivity contribution is 6.30. The lowest BCUT2D eigenvalue weighted by Gasteiger charge is -2.48. The lowest BCUT2D eigenvalue weighted by molar-refractivity contribution is -0.117. The van der Waals surface area contributed by atoms with Gasteiger partial charge in [-0.25, -0.2) is 9.97 Å². The molecule has 2 saturated carbocycles. The molecule has 2 aromatic rings. The van der Waals surface area contributed by atoms with Crippen molar-refractivity contribution in [3.05, 3.63) is 52.3 Å². The molecule has 1 N–H and O–H groups in total. The van der Waals surface area contributed by atoms with Crippen LogP contribution in [0, 0.1) is 0 Å². The van der Waals surface area contributed by atoms with Gasteiger partial charge in [-0.3, -0.25) is 14.9 Å². The molecule has 1 aromatic carbocycles. The molecule has 0 radical (unpaired) electrons. The minimum absolute atomic E-state index is 0.00973.